The van der Waals surface area contributed by atoms with E-state index in [1.165, 1.54) is 11.8 Å². The second-order valence-corrected chi connectivity index (χ2v) is 3.05. The second kappa shape index (κ2) is 4.03. The van der Waals surface area contributed by atoms with Crippen LogP contribution in [0.4, 0.5) is 5.69 Å². The average Bonchev–Trinajstić information content (AvgIpc) is 2.01. The predicted octanol–water partition coefficient (Wildman–Crippen LogP) is 1.47. The minimum Gasteiger partial charge on any atom is -0.399 e. The molecule has 0 saturated carbocycles. The summed E-state index contributed by atoms with van der Waals surface area (Å²) in [5, 5.41) is 0. The minimum atomic E-state index is 0.365. The molecule has 1 aromatic rings. The zero-order valence-corrected chi connectivity index (χ0v) is 6.73. The van der Waals surface area contributed by atoms with Crippen LogP contribution in [0.2, 0.25) is 0 Å². The summed E-state index contributed by atoms with van der Waals surface area (Å²) in [6, 6.07) is 7.43. The number of hydrogen-bond donors (Lipinski definition) is 1. The third-order valence-electron chi connectivity index (χ3n) is 1.16. The van der Waals surface area contributed by atoms with E-state index in [0.29, 0.717) is 5.75 Å². The lowest BCUT2D eigenvalue weighted by Crippen LogP contribution is -1.84. The van der Waals surface area contributed by atoms with Gasteiger partial charge in [0.1, 0.15) is 0 Å². The number of nitrogens with two attached hydrogens (primary N) is 1. The van der Waals surface area contributed by atoms with Crippen molar-refractivity contribution in [1.29, 1.82) is 0 Å². The molecule has 0 aliphatic carbocycles. The highest BCUT2D eigenvalue weighted by atomic mass is 32.2. The lowest BCUT2D eigenvalue weighted by atomic mass is 10.3. The molecule has 2 N–H and O–H groups in total. The maximum Gasteiger partial charge on any atom is 0.209 e. The van der Waals surface area contributed by atoms with Gasteiger partial charge in [-0.15, -0.1) is 11.8 Å². The Morgan fingerprint density at radius 3 is 3.00 bits per heavy atom. The summed E-state index contributed by atoms with van der Waals surface area (Å²) in [4.78, 5) is 10.9. The van der Waals surface area contributed by atoms with Gasteiger partial charge in [-0.05, 0) is 18.2 Å². The Bertz CT molecular complexity index is 250. The zero-order valence-electron chi connectivity index (χ0n) is 5.91. The molecule has 0 unspecified atom stereocenters. The van der Waals surface area contributed by atoms with Crippen LogP contribution in [0.3, 0.4) is 0 Å². The average molecular weight is 166 g/mol. The Kier molecular flexibility index (Phi) is 2.98. The molecule has 1 rings (SSSR count). The van der Waals surface area contributed by atoms with E-state index in [1.807, 2.05) is 30.6 Å². The first kappa shape index (κ1) is 8.14. The van der Waals surface area contributed by atoms with Gasteiger partial charge in [0.25, 0.3) is 0 Å². The molecule has 0 fully saturated rings. The Morgan fingerprint density at radius 2 is 2.36 bits per heavy atom. The molecule has 0 saturated heterocycles. The first-order chi connectivity index (χ1) is 5.33. The van der Waals surface area contributed by atoms with E-state index in [9.17, 15) is 4.79 Å². The summed E-state index contributed by atoms with van der Waals surface area (Å²) in [6.45, 7) is 0. The van der Waals surface area contributed by atoms with Gasteiger partial charge in [-0.1, -0.05) is 6.07 Å². The van der Waals surface area contributed by atoms with Gasteiger partial charge in [0.2, 0.25) is 6.29 Å². The summed E-state index contributed by atoms with van der Waals surface area (Å²) < 4.78 is 0. The summed E-state index contributed by atoms with van der Waals surface area (Å²) in [5.74, 6) is 0.365. The third-order valence-corrected chi connectivity index (χ3v) is 2.01. The number of carbonyl (C=O) groups excluding carboxylic acids is 1. The molecule has 11 heavy (non-hydrogen) atoms. The minimum absolute atomic E-state index is 0.365. The third kappa shape index (κ3) is 2.63. The summed E-state index contributed by atoms with van der Waals surface area (Å²) >= 11 is 1.43. The van der Waals surface area contributed by atoms with Crippen LogP contribution in [0.15, 0.2) is 29.2 Å². The highest BCUT2D eigenvalue weighted by Gasteiger charge is 1.92. The van der Waals surface area contributed by atoms with E-state index in [-0.39, 0.29) is 0 Å². The lowest BCUT2D eigenvalue weighted by Gasteiger charge is -1.97. The molecule has 0 spiro atoms. The van der Waals surface area contributed by atoms with Crippen molar-refractivity contribution in [3.63, 3.8) is 0 Å². The SMILES string of the molecule is Nc1cccc(SC[C]=O)c1. The van der Waals surface area contributed by atoms with Crippen LogP contribution in [-0.4, -0.2) is 12.0 Å². The molecule has 0 atom stereocenters. The summed E-state index contributed by atoms with van der Waals surface area (Å²) in [5.41, 5.74) is 6.24. The molecule has 1 aromatic carbocycles. The van der Waals surface area contributed by atoms with Crippen molar-refractivity contribution < 1.29 is 4.79 Å². The molecular weight excluding hydrogens is 158 g/mol. The number of anilines is 1. The van der Waals surface area contributed by atoms with Crippen molar-refractivity contribution in [2.45, 2.75) is 4.90 Å². The van der Waals surface area contributed by atoms with Crippen molar-refractivity contribution in [2.24, 2.45) is 0 Å². The molecule has 0 aliphatic rings. The maximum absolute atomic E-state index is 9.89. The van der Waals surface area contributed by atoms with E-state index in [1.54, 1.807) is 0 Å². The van der Waals surface area contributed by atoms with Crippen molar-refractivity contribution in [3.05, 3.63) is 24.3 Å². The smallest absolute Gasteiger partial charge is 0.209 e. The second-order valence-electron chi connectivity index (χ2n) is 2.01. The first-order valence-corrected chi connectivity index (χ1v) is 4.15. The highest BCUT2D eigenvalue weighted by Crippen LogP contribution is 2.18. The van der Waals surface area contributed by atoms with Gasteiger partial charge in [0.05, 0.1) is 5.75 Å². The highest BCUT2D eigenvalue weighted by molar-refractivity contribution is 7.99. The molecule has 0 aromatic heterocycles. The Morgan fingerprint density at radius 1 is 1.55 bits per heavy atom. The Labute approximate surface area is 69.8 Å². The fourth-order valence-corrected chi connectivity index (χ4v) is 1.34. The molecule has 0 aliphatic heterocycles. The van der Waals surface area contributed by atoms with Gasteiger partial charge < -0.3 is 5.73 Å². The van der Waals surface area contributed by atoms with Crippen molar-refractivity contribution in [1.82, 2.24) is 0 Å². The topological polar surface area (TPSA) is 43.1 Å². The maximum atomic E-state index is 9.89. The standard InChI is InChI=1S/C8H8NOS/c9-7-2-1-3-8(6-7)11-5-4-10/h1-3,6H,5,9H2. The van der Waals surface area contributed by atoms with Gasteiger partial charge in [0, 0.05) is 10.6 Å². The van der Waals surface area contributed by atoms with Gasteiger partial charge >= 0.3 is 0 Å². The predicted molar refractivity (Wildman–Crippen MR) is 47.3 cm³/mol. The van der Waals surface area contributed by atoms with Crippen LogP contribution in [0.1, 0.15) is 0 Å². The number of rotatable bonds is 3. The molecule has 0 bridgehead atoms. The van der Waals surface area contributed by atoms with Crippen LogP contribution in [-0.2, 0) is 4.79 Å². The fourth-order valence-electron chi connectivity index (χ4n) is 0.717. The van der Waals surface area contributed by atoms with E-state index >= 15 is 0 Å². The van der Waals surface area contributed by atoms with Crippen LogP contribution >= 0.6 is 11.8 Å². The molecule has 0 amide bonds. The Balaban J connectivity index is 2.63. The van der Waals surface area contributed by atoms with E-state index in [0.717, 1.165) is 10.6 Å². The zero-order chi connectivity index (χ0) is 8.10. The number of nitrogen functional groups attached to an aromatic ring is 1. The van der Waals surface area contributed by atoms with Crippen molar-refractivity contribution in [2.75, 3.05) is 11.5 Å². The molecule has 0 heterocycles. The normalized spacial score (nSPS) is 9.45. The molecule has 2 nitrogen and oxygen atoms in total. The number of thioether (sulfide) groups is 1. The molecular formula is C8H8NOS. The summed E-state index contributed by atoms with van der Waals surface area (Å²) in [7, 11) is 0. The number of hydrogen-bond acceptors (Lipinski definition) is 3. The van der Waals surface area contributed by atoms with Crippen LogP contribution in [0.5, 0.6) is 0 Å². The van der Waals surface area contributed by atoms with E-state index in [2.05, 4.69) is 0 Å². The summed E-state index contributed by atoms with van der Waals surface area (Å²) in [6.07, 6.45) is 1.81. The van der Waals surface area contributed by atoms with Crippen LogP contribution < -0.4 is 5.73 Å². The number of benzene rings is 1. The lowest BCUT2D eigenvalue weighted by molar-refractivity contribution is 0.560. The van der Waals surface area contributed by atoms with Gasteiger partial charge in [-0.3, -0.25) is 4.79 Å². The monoisotopic (exact) mass is 166 g/mol. The van der Waals surface area contributed by atoms with Gasteiger partial charge in [-0.25, -0.2) is 0 Å². The van der Waals surface area contributed by atoms with Crippen molar-refractivity contribution in [3.8, 4) is 0 Å². The van der Waals surface area contributed by atoms with Crippen molar-refractivity contribution >= 4 is 23.7 Å². The van der Waals surface area contributed by atoms with Crippen LogP contribution in [0, 0.1) is 0 Å². The molecule has 57 valence electrons. The van der Waals surface area contributed by atoms with Crippen LogP contribution in [0.25, 0.3) is 0 Å². The fraction of sp³-hybridized carbons (Fsp3) is 0.125. The molecule has 1 radical (unpaired) electrons. The first-order valence-electron chi connectivity index (χ1n) is 3.16. The Hall–Kier alpha value is -0.960. The quantitative estimate of drug-likeness (QED) is 0.546. The van der Waals surface area contributed by atoms with Gasteiger partial charge in [-0.2, -0.15) is 0 Å². The van der Waals surface area contributed by atoms with Gasteiger partial charge in [0.15, 0.2) is 0 Å². The largest absolute Gasteiger partial charge is 0.399 e. The van der Waals surface area contributed by atoms with E-state index in [4.69, 9.17) is 5.73 Å². The molecule has 3 heteroatoms. The van der Waals surface area contributed by atoms with E-state index < -0.39 is 0 Å².